The van der Waals surface area contributed by atoms with Crippen LogP contribution >= 0.6 is 11.8 Å². The second kappa shape index (κ2) is 6.69. The molecule has 108 valence electrons. The largest absolute Gasteiger partial charge is 0.355 e. The van der Waals surface area contributed by atoms with Crippen LogP contribution in [0.2, 0.25) is 0 Å². The van der Waals surface area contributed by atoms with Crippen LogP contribution in [0, 0.1) is 11.6 Å². The smallest absolute Gasteiger partial charge is 0.230 e. The van der Waals surface area contributed by atoms with Gasteiger partial charge in [0.25, 0.3) is 0 Å². The molecular formula is C13H15F2N3OS. The van der Waals surface area contributed by atoms with Gasteiger partial charge in [0.2, 0.25) is 5.91 Å². The number of aromatic amines is 1. The van der Waals surface area contributed by atoms with Crippen molar-refractivity contribution in [2.45, 2.75) is 24.9 Å². The average Bonchev–Trinajstić information content (AvgIpc) is 2.79. The Bertz CT molecular complexity index is 576. The van der Waals surface area contributed by atoms with Crippen molar-refractivity contribution >= 4 is 28.7 Å². The van der Waals surface area contributed by atoms with Gasteiger partial charge in [-0.3, -0.25) is 4.79 Å². The summed E-state index contributed by atoms with van der Waals surface area (Å²) in [6.45, 7) is 2.71. The minimum atomic E-state index is -0.933. The molecule has 0 saturated carbocycles. The molecule has 0 aliphatic heterocycles. The van der Waals surface area contributed by atoms with Crippen molar-refractivity contribution in [1.82, 2.24) is 15.3 Å². The summed E-state index contributed by atoms with van der Waals surface area (Å²) in [6, 6.07) is 2.09. The highest BCUT2D eigenvalue weighted by atomic mass is 32.2. The second-order valence-corrected chi connectivity index (χ2v) is 5.28. The van der Waals surface area contributed by atoms with Crippen LogP contribution in [0.5, 0.6) is 0 Å². The third-order valence-electron chi connectivity index (χ3n) is 2.69. The van der Waals surface area contributed by atoms with Crippen molar-refractivity contribution in [1.29, 1.82) is 0 Å². The van der Waals surface area contributed by atoms with Gasteiger partial charge in [0, 0.05) is 18.7 Å². The number of unbranched alkanes of at least 4 members (excludes halogenated alkanes) is 1. The first-order valence-corrected chi connectivity index (χ1v) is 7.33. The summed E-state index contributed by atoms with van der Waals surface area (Å²) in [4.78, 5) is 18.5. The summed E-state index contributed by atoms with van der Waals surface area (Å²) in [5, 5.41) is 3.25. The molecule has 1 aromatic carbocycles. The maximum Gasteiger partial charge on any atom is 0.230 e. The van der Waals surface area contributed by atoms with Crippen LogP contribution in [0.1, 0.15) is 19.8 Å². The average molecular weight is 299 g/mol. The molecule has 20 heavy (non-hydrogen) atoms. The van der Waals surface area contributed by atoms with Gasteiger partial charge in [-0.25, -0.2) is 13.8 Å². The SMILES string of the molecule is CCCCNC(=O)CSc1nc2cc(F)c(F)cc2[nH]1. The number of thioether (sulfide) groups is 1. The number of rotatable bonds is 6. The number of nitrogens with one attached hydrogen (secondary N) is 2. The molecule has 0 atom stereocenters. The Hall–Kier alpha value is -1.63. The maximum absolute atomic E-state index is 13.1. The number of carbonyl (C=O) groups excluding carboxylic acids is 1. The lowest BCUT2D eigenvalue weighted by molar-refractivity contribution is -0.118. The molecule has 4 nitrogen and oxygen atoms in total. The zero-order valence-electron chi connectivity index (χ0n) is 11.0. The van der Waals surface area contributed by atoms with Gasteiger partial charge in [-0.15, -0.1) is 0 Å². The van der Waals surface area contributed by atoms with E-state index >= 15 is 0 Å². The summed E-state index contributed by atoms with van der Waals surface area (Å²) >= 11 is 1.20. The monoisotopic (exact) mass is 299 g/mol. The molecule has 0 radical (unpaired) electrons. The number of nitrogens with zero attached hydrogens (tertiary/aromatic N) is 1. The number of benzene rings is 1. The highest BCUT2D eigenvalue weighted by Crippen LogP contribution is 2.21. The molecular weight excluding hydrogens is 284 g/mol. The van der Waals surface area contributed by atoms with Crippen molar-refractivity contribution < 1.29 is 13.6 Å². The predicted octanol–water partition coefficient (Wildman–Crippen LogP) is 2.85. The molecule has 0 fully saturated rings. The zero-order chi connectivity index (χ0) is 14.5. The highest BCUT2D eigenvalue weighted by molar-refractivity contribution is 7.99. The van der Waals surface area contributed by atoms with Gasteiger partial charge in [-0.2, -0.15) is 0 Å². The molecule has 0 spiro atoms. The molecule has 0 saturated heterocycles. The van der Waals surface area contributed by atoms with Gasteiger partial charge < -0.3 is 10.3 Å². The Balaban J connectivity index is 1.95. The second-order valence-electron chi connectivity index (χ2n) is 4.32. The highest BCUT2D eigenvalue weighted by Gasteiger charge is 2.10. The number of hydrogen-bond acceptors (Lipinski definition) is 3. The van der Waals surface area contributed by atoms with Crippen molar-refractivity contribution in [3.05, 3.63) is 23.8 Å². The van der Waals surface area contributed by atoms with Crippen molar-refractivity contribution in [2.75, 3.05) is 12.3 Å². The van der Waals surface area contributed by atoms with Crippen molar-refractivity contribution in [3.8, 4) is 0 Å². The lowest BCUT2D eigenvalue weighted by Gasteiger charge is -2.02. The number of carbonyl (C=O) groups is 1. The van der Waals surface area contributed by atoms with Crippen LogP contribution in [-0.4, -0.2) is 28.2 Å². The van der Waals surface area contributed by atoms with E-state index < -0.39 is 11.6 Å². The summed E-state index contributed by atoms with van der Waals surface area (Å²) < 4.78 is 26.1. The van der Waals surface area contributed by atoms with E-state index in [1.165, 1.54) is 11.8 Å². The number of hydrogen-bond donors (Lipinski definition) is 2. The first-order valence-electron chi connectivity index (χ1n) is 6.34. The lowest BCUT2D eigenvalue weighted by atomic mass is 10.3. The fourth-order valence-corrected chi connectivity index (χ4v) is 2.35. The standard InChI is InChI=1S/C13H15F2N3OS/c1-2-3-4-16-12(19)7-20-13-17-10-5-8(14)9(15)6-11(10)18-13/h5-6H,2-4,7H2,1H3,(H,16,19)(H,17,18). The van der Waals surface area contributed by atoms with Gasteiger partial charge in [0.05, 0.1) is 16.8 Å². The van der Waals surface area contributed by atoms with Crippen LogP contribution in [0.15, 0.2) is 17.3 Å². The van der Waals surface area contributed by atoms with Crippen molar-refractivity contribution in [3.63, 3.8) is 0 Å². The number of H-pyrrole nitrogens is 1. The third-order valence-corrected chi connectivity index (χ3v) is 3.57. The minimum absolute atomic E-state index is 0.0822. The Kier molecular flexibility index (Phi) is 4.94. The summed E-state index contributed by atoms with van der Waals surface area (Å²) in [7, 11) is 0. The van der Waals surface area contributed by atoms with E-state index in [4.69, 9.17) is 0 Å². The molecule has 0 aliphatic rings. The fraction of sp³-hybridized carbons (Fsp3) is 0.385. The Morgan fingerprint density at radius 3 is 2.90 bits per heavy atom. The number of imidazole rings is 1. The van der Waals surface area contributed by atoms with Crippen molar-refractivity contribution in [2.24, 2.45) is 0 Å². The van der Waals surface area contributed by atoms with E-state index in [2.05, 4.69) is 15.3 Å². The molecule has 2 aromatic rings. The number of amides is 1. The normalized spacial score (nSPS) is 10.9. The van der Waals surface area contributed by atoms with Crippen LogP contribution in [0.25, 0.3) is 11.0 Å². The zero-order valence-corrected chi connectivity index (χ0v) is 11.8. The predicted molar refractivity (Wildman–Crippen MR) is 74.7 cm³/mol. The molecule has 7 heteroatoms. The Morgan fingerprint density at radius 1 is 1.40 bits per heavy atom. The van der Waals surface area contributed by atoms with Gasteiger partial charge >= 0.3 is 0 Å². The van der Waals surface area contributed by atoms with Crippen LogP contribution < -0.4 is 5.32 Å². The van der Waals surface area contributed by atoms with E-state index in [1.54, 1.807) is 0 Å². The van der Waals surface area contributed by atoms with Crippen LogP contribution in [-0.2, 0) is 4.79 Å². The fourth-order valence-electron chi connectivity index (χ4n) is 1.64. The van der Waals surface area contributed by atoms with E-state index in [0.29, 0.717) is 22.7 Å². The van der Waals surface area contributed by atoms with E-state index in [9.17, 15) is 13.6 Å². The van der Waals surface area contributed by atoms with Gasteiger partial charge in [-0.1, -0.05) is 25.1 Å². The van der Waals surface area contributed by atoms with Gasteiger partial charge in [0.1, 0.15) is 0 Å². The van der Waals surface area contributed by atoms with E-state index in [1.807, 2.05) is 6.92 Å². The maximum atomic E-state index is 13.1. The first kappa shape index (κ1) is 14.8. The number of fused-ring (bicyclic) bond motifs is 1. The Morgan fingerprint density at radius 2 is 2.15 bits per heavy atom. The van der Waals surface area contributed by atoms with Gasteiger partial charge in [0.15, 0.2) is 16.8 Å². The first-order chi connectivity index (χ1) is 9.60. The lowest BCUT2D eigenvalue weighted by Crippen LogP contribution is -2.26. The molecule has 0 unspecified atom stereocenters. The van der Waals surface area contributed by atoms with E-state index in [0.717, 1.165) is 25.0 Å². The number of aromatic nitrogens is 2. The van der Waals surface area contributed by atoms with Crippen LogP contribution in [0.3, 0.4) is 0 Å². The van der Waals surface area contributed by atoms with E-state index in [-0.39, 0.29) is 11.7 Å². The minimum Gasteiger partial charge on any atom is -0.355 e. The molecule has 2 N–H and O–H groups in total. The molecule has 2 rings (SSSR count). The number of halogens is 2. The molecule has 1 aromatic heterocycles. The quantitative estimate of drug-likeness (QED) is 0.637. The molecule has 1 heterocycles. The topological polar surface area (TPSA) is 57.8 Å². The van der Waals surface area contributed by atoms with Gasteiger partial charge in [-0.05, 0) is 6.42 Å². The Labute approximate surface area is 119 Å². The molecule has 0 bridgehead atoms. The third kappa shape index (κ3) is 3.69. The summed E-state index contributed by atoms with van der Waals surface area (Å²) in [6.07, 6.45) is 1.97. The summed E-state index contributed by atoms with van der Waals surface area (Å²) in [5.74, 6) is -1.72. The molecule has 1 amide bonds. The molecule has 0 aliphatic carbocycles. The summed E-state index contributed by atoms with van der Waals surface area (Å²) in [5.41, 5.74) is 0.760. The van der Waals surface area contributed by atoms with Crippen LogP contribution in [0.4, 0.5) is 8.78 Å².